The molecule has 3 rings (SSSR count). The van der Waals surface area contributed by atoms with Gasteiger partial charge >= 0.3 is 0 Å². The summed E-state index contributed by atoms with van der Waals surface area (Å²) < 4.78 is 3.41. The second-order valence-electron chi connectivity index (χ2n) is 3.93. The molecule has 0 aromatic carbocycles. The minimum Gasteiger partial charge on any atom is -0.505 e. The molecule has 1 aliphatic rings. The summed E-state index contributed by atoms with van der Waals surface area (Å²) in [7, 11) is 0. The van der Waals surface area contributed by atoms with Crippen LogP contribution in [0.4, 0.5) is 0 Å². The maximum atomic E-state index is 9.33. The Kier molecular flexibility index (Phi) is 2.64. The first-order valence-corrected chi connectivity index (χ1v) is 6.14. The van der Waals surface area contributed by atoms with Gasteiger partial charge in [-0.25, -0.2) is 14.4 Å². The van der Waals surface area contributed by atoms with E-state index in [1.54, 1.807) is 24.5 Å². The fraction of sp³-hybridized carbons (Fsp3) is 0.100. The van der Waals surface area contributed by atoms with Gasteiger partial charge in [0.2, 0.25) is 5.79 Å². The summed E-state index contributed by atoms with van der Waals surface area (Å²) in [5, 5.41) is 20.4. The lowest BCUT2D eigenvalue weighted by Crippen LogP contribution is -2.45. The minimum atomic E-state index is -1.16. The van der Waals surface area contributed by atoms with Crippen LogP contribution in [-0.4, -0.2) is 29.4 Å². The lowest BCUT2D eigenvalue weighted by molar-refractivity contribution is 0.359. The molecule has 0 spiro atoms. The Morgan fingerprint density at radius 3 is 2.89 bits per heavy atom. The summed E-state index contributed by atoms with van der Waals surface area (Å²) in [5.41, 5.74) is 6.21. The second kappa shape index (κ2) is 4.21. The molecule has 2 aromatic rings. The quantitative estimate of drug-likeness (QED) is 0.685. The van der Waals surface area contributed by atoms with Crippen LogP contribution in [0, 0.1) is 0 Å². The number of halogens is 1. The number of amidine groups is 1. The molecule has 3 heterocycles. The largest absolute Gasteiger partial charge is 0.505 e. The number of nitrogens with two attached hydrogens (primary N) is 1. The number of rotatable bonds is 2. The van der Waals surface area contributed by atoms with Crippen molar-refractivity contribution in [1.82, 2.24) is 24.9 Å². The fourth-order valence-electron chi connectivity index (χ4n) is 1.73. The van der Waals surface area contributed by atoms with E-state index in [9.17, 15) is 5.11 Å². The van der Waals surface area contributed by atoms with Gasteiger partial charge in [-0.15, -0.1) is 0 Å². The van der Waals surface area contributed by atoms with Crippen LogP contribution in [0.3, 0.4) is 0 Å². The van der Waals surface area contributed by atoms with Crippen LogP contribution in [-0.2, 0) is 5.79 Å². The van der Waals surface area contributed by atoms with Crippen LogP contribution in [0.1, 0.15) is 0 Å². The summed E-state index contributed by atoms with van der Waals surface area (Å²) in [4.78, 5) is 4.26. The van der Waals surface area contributed by atoms with E-state index in [0.717, 1.165) is 0 Å². The third-order valence-corrected chi connectivity index (χ3v) is 2.92. The zero-order valence-corrected chi connectivity index (χ0v) is 11.2. The van der Waals surface area contributed by atoms with Crippen molar-refractivity contribution in [2.45, 2.75) is 5.79 Å². The van der Waals surface area contributed by atoms with E-state index in [2.05, 4.69) is 36.4 Å². The third kappa shape index (κ3) is 2.13. The predicted octanol–water partition coefficient (Wildman–Crippen LogP) is 0.207. The topological polar surface area (TPSA) is 106 Å². The van der Waals surface area contributed by atoms with Crippen LogP contribution in [0.25, 0.3) is 5.82 Å². The molecule has 0 aliphatic carbocycles. The average Bonchev–Trinajstić information content (AvgIpc) is 2.98. The van der Waals surface area contributed by atoms with Crippen molar-refractivity contribution in [3.63, 3.8) is 0 Å². The number of aromatic nitrogens is 4. The molecule has 0 radical (unpaired) electrons. The van der Waals surface area contributed by atoms with Crippen LogP contribution >= 0.6 is 15.9 Å². The number of hydrogen-bond acceptors (Lipinski definition) is 6. The normalized spacial score (nSPS) is 22.6. The second-order valence-corrected chi connectivity index (χ2v) is 4.69. The molecule has 0 bridgehead atoms. The summed E-state index contributed by atoms with van der Waals surface area (Å²) in [6.45, 7) is 0. The first-order chi connectivity index (χ1) is 9.07. The van der Waals surface area contributed by atoms with E-state index in [0.29, 0.717) is 10.6 Å². The summed E-state index contributed by atoms with van der Waals surface area (Å²) in [6.07, 6.45) is 7.76. The highest BCUT2D eigenvalue weighted by molar-refractivity contribution is 9.18. The molecule has 1 unspecified atom stereocenters. The molecule has 98 valence electrons. The van der Waals surface area contributed by atoms with Gasteiger partial charge in [0.25, 0.3) is 0 Å². The van der Waals surface area contributed by atoms with Gasteiger partial charge in [-0.3, -0.25) is 5.73 Å². The van der Waals surface area contributed by atoms with Gasteiger partial charge in [0.15, 0.2) is 10.5 Å². The van der Waals surface area contributed by atoms with Crippen molar-refractivity contribution in [2.75, 3.05) is 0 Å². The monoisotopic (exact) mass is 323 g/mol. The molecule has 1 atom stereocenters. The molecule has 4 N–H and O–H groups in total. The SMILES string of the molecule is NC1(n2cccn2)C=C(n2cc(O)cn2)NC(Br)=N1. The molecule has 19 heavy (non-hydrogen) atoms. The molecule has 1 aliphatic heterocycles. The molecule has 9 heteroatoms. The van der Waals surface area contributed by atoms with E-state index >= 15 is 0 Å². The Labute approximate surface area is 116 Å². The van der Waals surface area contributed by atoms with Gasteiger partial charge in [-0.2, -0.15) is 10.2 Å². The predicted molar refractivity (Wildman–Crippen MR) is 72.1 cm³/mol. The maximum absolute atomic E-state index is 9.33. The zero-order valence-electron chi connectivity index (χ0n) is 9.60. The number of nitrogens with zero attached hydrogens (tertiary/aromatic N) is 5. The molecule has 8 nitrogen and oxygen atoms in total. The molecular formula is C10H10BrN7O. The summed E-state index contributed by atoms with van der Waals surface area (Å²) in [5.74, 6) is -0.548. The van der Waals surface area contributed by atoms with Gasteiger partial charge in [0, 0.05) is 18.5 Å². The highest BCUT2D eigenvalue weighted by atomic mass is 79.9. The number of nitrogens with one attached hydrogen (secondary N) is 1. The minimum absolute atomic E-state index is 0.0584. The number of aromatic hydroxyl groups is 1. The number of hydrogen-bond donors (Lipinski definition) is 3. The van der Waals surface area contributed by atoms with E-state index in [-0.39, 0.29) is 5.75 Å². The lowest BCUT2D eigenvalue weighted by Gasteiger charge is -2.27. The van der Waals surface area contributed by atoms with Crippen LogP contribution in [0.15, 0.2) is 41.9 Å². The van der Waals surface area contributed by atoms with Crippen LogP contribution in [0.5, 0.6) is 5.75 Å². The van der Waals surface area contributed by atoms with Crippen molar-refractivity contribution in [1.29, 1.82) is 0 Å². The van der Waals surface area contributed by atoms with E-state index in [1.807, 2.05) is 0 Å². The average molecular weight is 324 g/mol. The molecule has 0 fully saturated rings. The Morgan fingerprint density at radius 2 is 2.26 bits per heavy atom. The lowest BCUT2D eigenvalue weighted by atomic mass is 10.3. The van der Waals surface area contributed by atoms with Crippen molar-refractivity contribution < 1.29 is 5.11 Å². The van der Waals surface area contributed by atoms with Crippen LogP contribution in [0.2, 0.25) is 0 Å². The highest BCUT2D eigenvalue weighted by Gasteiger charge is 2.30. The van der Waals surface area contributed by atoms with E-state index < -0.39 is 5.79 Å². The highest BCUT2D eigenvalue weighted by Crippen LogP contribution is 2.22. The van der Waals surface area contributed by atoms with Gasteiger partial charge in [0.1, 0.15) is 5.82 Å². The standard InChI is InChI=1S/C10H10BrN7O/c11-9-15-8(17-6-7(19)5-14-17)4-10(12,16-9)18-3-1-2-13-18/h1-6,19H,12H2,(H,15,16). The third-order valence-electron chi connectivity index (χ3n) is 2.54. The Hall–Kier alpha value is -2.13. The summed E-state index contributed by atoms with van der Waals surface area (Å²) in [6, 6.07) is 1.76. The van der Waals surface area contributed by atoms with Gasteiger partial charge < -0.3 is 10.4 Å². The Bertz CT molecular complexity index is 659. The Morgan fingerprint density at radius 1 is 1.42 bits per heavy atom. The molecule has 0 saturated heterocycles. The van der Waals surface area contributed by atoms with Crippen molar-refractivity contribution in [3.8, 4) is 5.75 Å². The molecule has 0 saturated carbocycles. The number of aliphatic imine (C=N–C) groups is 1. The van der Waals surface area contributed by atoms with Gasteiger partial charge in [0.05, 0.1) is 12.4 Å². The maximum Gasteiger partial charge on any atom is 0.229 e. The van der Waals surface area contributed by atoms with Crippen molar-refractivity contribution in [3.05, 3.63) is 36.9 Å². The van der Waals surface area contributed by atoms with E-state index in [1.165, 1.54) is 21.8 Å². The summed E-state index contributed by atoms with van der Waals surface area (Å²) >= 11 is 3.27. The molecular weight excluding hydrogens is 314 g/mol. The smallest absolute Gasteiger partial charge is 0.229 e. The van der Waals surface area contributed by atoms with Gasteiger partial charge in [-0.05, 0) is 22.0 Å². The zero-order chi connectivity index (χ0) is 13.5. The first kappa shape index (κ1) is 11.9. The fourth-order valence-corrected chi connectivity index (χ4v) is 2.21. The van der Waals surface area contributed by atoms with Gasteiger partial charge in [-0.1, -0.05) is 0 Å². The van der Waals surface area contributed by atoms with Crippen LogP contribution < -0.4 is 11.1 Å². The van der Waals surface area contributed by atoms with E-state index in [4.69, 9.17) is 5.73 Å². The van der Waals surface area contributed by atoms with Crippen molar-refractivity contribution >= 4 is 26.5 Å². The molecule has 0 amide bonds. The molecule has 2 aromatic heterocycles. The Balaban J connectivity index is 2.06. The van der Waals surface area contributed by atoms with Crippen molar-refractivity contribution in [2.24, 2.45) is 10.7 Å². The first-order valence-electron chi connectivity index (χ1n) is 5.35.